The summed E-state index contributed by atoms with van der Waals surface area (Å²) in [6, 6.07) is 7.54. The van der Waals surface area contributed by atoms with E-state index in [1.165, 1.54) is 12.3 Å². The number of allylic oxidation sites excluding steroid dienone is 1. The molecule has 0 fully saturated rings. The highest BCUT2D eigenvalue weighted by Crippen LogP contribution is 2.13. The minimum atomic E-state index is -0.484. The number of nitrogens with zero attached hydrogens (tertiary/aromatic N) is 1. The standard InChI is InChI=1S/C12H11N3O2/c13-12(16)6-5-9-3-1-2-4-10(9)11-7-8-17-15-14-11/h1-8,15H,(H2,13,16). The number of primary amides is 1. The molecule has 3 N–H and O–H groups in total. The van der Waals surface area contributed by atoms with Crippen molar-refractivity contribution < 1.29 is 9.63 Å². The summed E-state index contributed by atoms with van der Waals surface area (Å²) in [7, 11) is 0. The Morgan fingerprint density at radius 1 is 1.41 bits per heavy atom. The average molecular weight is 229 g/mol. The van der Waals surface area contributed by atoms with E-state index in [0.29, 0.717) is 0 Å². The first-order chi connectivity index (χ1) is 8.27. The molecule has 0 saturated heterocycles. The van der Waals surface area contributed by atoms with E-state index in [9.17, 15) is 4.79 Å². The van der Waals surface area contributed by atoms with Crippen LogP contribution >= 0.6 is 0 Å². The number of rotatable bonds is 3. The van der Waals surface area contributed by atoms with Crippen molar-refractivity contribution in [1.82, 2.24) is 5.59 Å². The van der Waals surface area contributed by atoms with Crippen LogP contribution in [0.2, 0.25) is 0 Å². The van der Waals surface area contributed by atoms with Crippen LogP contribution in [-0.2, 0) is 9.63 Å². The smallest absolute Gasteiger partial charge is 0.241 e. The Hall–Kier alpha value is -2.56. The maximum absolute atomic E-state index is 10.7. The molecule has 1 aliphatic rings. The number of hydrazone groups is 1. The Kier molecular flexibility index (Phi) is 3.20. The van der Waals surface area contributed by atoms with Gasteiger partial charge >= 0.3 is 0 Å². The number of nitrogens with one attached hydrogen (secondary N) is 1. The first-order valence-corrected chi connectivity index (χ1v) is 4.99. The third-order valence-electron chi connectivity index (χ3n) is 2.18. The summed E-state index contributed by atoms with van der Waals surface area (Å²) in [5.41, 5.74) is 9.95. The fraction of sp³-hybridized carbons (Fsp3) is 0. The van der Waals surface area contributed by atoms with Crippen molar-refractivity contribution in [1.29, 1.82) is 0 Å². The summed E-state index contributed by atoms with van der Waals surface area (Å²) >= 11 is 0. The monoisotopic (exact) mass is 229 g/mol. The van der Waals surface area contributed by atoms with Crippen LogP contribution in [0.4, 0.5) is 0 Å². The van der Waals surface area contributed by atoms with Gasteiger partial charge in [0.05, 0.1) is 5.71 Å². The molecule has 0 saturated carbocycles. The lowest BCUT2D eigenvalue weighted by molar-refractivity contribution is -0.113. The zero-order chi connectivity index (χ0) is 12.1. The van der Waals surface area contributed by atoms with Gasteiger partial charge < -0.3 is 10.6 Å². The SMILES string of the molecule is NC(=O)C=Cc1ccccc1C1=NNOC=C1. The predicted molar refractivity (Wildman–Crippen MR) is 64.6 cm³/mol. The summed E-state index contributed by atoms with van der Waals surface area (Å²) in [5.74, 6) is -0.484. The summed E-state index contributed by atoms with van der Waals surface area (Å²) in [4.78, 5) is 15.5. The second-order valence-corrected chi connectivity index (χ2v) is 3.33. The van der Waals surface area contributed by atoms with E-state index in [-0.39, 0.29) is 0 Å². The molecule has 0 unspecified atom stereocenters. The van der Waals surface area contributed by atoms with Crippen LogP contribution < -0.4 is 11.3 Å². The maximum atomic E-state index is 10.7. The molecule has 0 radical (unpaired) electrons. The van der Waals surface area contributed by atoms with Gasteiger partial charge in [0.2, 0.25) is 5.91 Å². The topological polar surface area (TPSA) is 76.7 Å². The van der Waals surface area contributed by atoms with Gasteiger partial charge in [-0.15, -0.1) is 10.7 Å². The lowest BCUT2D eigenvalue weighted by Gasteiger charge is -2.09. The Morgan fingerprint density at radius 3 is 2.94 bits per heavy atom. The zero-order valence-electron chi connectivity index (χ0n) is 8.96. The molecule has 0 spiro atoms. The molecule has 0 atom stereocenters. The molecule has 1 heterocycles. The molecule has 0 bridgehead atoms. The second-order valence-electron chi connectivity index (χ2n) is 3.33. The normalized spacial score (nSPS) is 14.0. The molecule has 5 nitrogen and oxygen atoms in total. The quantitative estimate of drug-likeness (QED) is 0.757. The van der Waals surface area contributed by atoms with Gasteiger partial charge in [-0.3, -0.25) is 4.79 Å². The second kappa shape index (κ2) is 4.98. The number of hydrogen-bond acceptors (Lipinski definition) is 4. The number of hydrogen-bond donors (Lipinski definition) is 2. The van der Waals surface area contributed by atoms with Crippen molar-refractivity contribution in [3.63, 3.8) is 0 Å². The van der Waals surface area contributed by atoms with E-state index in [1.807, 2.05) is 24.3 Å². The van der Waals surface area contributed by atoms with Gasteiger partial charge in [-0.25, -0.2) is 0 Å². The molecule has 0 aliphatic carbocycles. The molecular formula is C12H11N3O2. The van der Waals surface area contributed by atoms with Gasteiger partial charge in [0, 0.05) is 17.7 Å². The highest BCUT2D eigenvalue weighted by atomic mass is 16.7. The highest BCUT2D eigenvalue weighted by molar-refractivity contribution is 6.11. The van der Waals surface area contributed by atoms with Crippen LogP contribution in [0.1, 0.15) is 11.1 Å². The van der Waals surface area contributed by atoms with Crippen molar-refractivity contribution in [2.45, 2.75) is 0 Å². The van der Waals surface area contributed by atoms with Gasteiger partial charge in [0.15, 0.2) is 0 Å². The summed E-state index contributed by atoms with van der Waals surface area (Å²) in [6.07, 6.45) is 6.20. The third kappa shape index (κ3) is 2.72. The van der Waals surface area contributed by atoms with Gasteiger partial charge in [-0.05, 0) is 11.6 Å². The average Bonchev–Trinajstić information content (AvgIpc) is 2.38. The number of amides is 1. The molecule has 0 aromatic heterocycles. The summed E-state index contributed by atoms with van der Waals surface area (Å²) in [6.45, 7) is 0. The van der Waals surface area contributed by atoms with Crippen LogP contribution in [0.15, 0.2) is 47.8 Å². The van der Waals surface area contributed by atoms with E-state index in [1.54, 1.807) is 12.2 Å². The Bertz CT molecular complexity index is 518. The van der Waals surface area contributed by atoms with E-state index < -0.39 is 5.91 Å². The van der Waals surface area contributed by atoms with Crippen molar-refractivity contribution in [3.8, 4) is 0 Å². The lowest BCUT2D eigenvalue weighted by Crippen LogP contribution is -2.13. The Labute approximate surface area is 98.2 Å². The molecule has 5 heteroatoms. The van der Waals surface area contributed by atoms with Gasteiger partial charge in [0.1, 0.15) is 6.26 Å². The molecule has 2 rings (SSSR count). The van der Waals surface area contributed by atoms with E-state index in [0.717, 1.165) is 16.8 Å². The zero-order valence-corrected chi connectivity index (χ0v) is 8.96. The van der Waals surface area contributed by atoms with Crippen LogP contribution in [0, 0.1) is 0 Å². The minimum absolute atomic E-state index is 0.484. The molecule has 1 aliphatic heterocycles. The first-order valence-electron chi connectivity index (χ1n) is 4.99. The highest BCUT2D eigenvalue weighted by Gasteiger charge is 2.07. The lowest BCUT2D eigenvalue weighted by atomic mass is 10.0. The first kappa shape index (κ1) is 10.9. The molecular weight excluding hydrogens is 218 g/mol. The predicted octanol–water partition coefficient (Wildman–Crippen LogP) is 0.938. The van der Waals surface area contributed by atoms with Gasteiger partial charge in [-0.1, -0.05) is 24.3 Å². The number of nitrogens with two attached hydrogens (primary N) is 1. The van der Waals surface area contributed by atoms with Gasteiger partial charge in [0.25, 0.3) is 0 Å². The minimum Gasteiger partial charge on any atom is -0.373 e. The van der Waals surface area contributed by atoms with Crippen molar-refractivity contribution >= 4 is 17.7 Å². The van der Waals surface area contributed by atoms with E-state index in [4.69, 9.17) is 10.6 Å². The largest absolute Gasteiger partial charge is 0.373 e. The van der Waals surface area contributed by atoms with Crippen molar-refractivity contribution in [2.24, 2.45) is 10.8 Å². The molecule has 86 valence electrons. The van der Waals surface area contributed by atoms with Crippen molar-refractivity contribution in [3.05, 3.63) is 53.8 Å². The number of benzene rings is 1. The van der Waals surface area contributed by atoms with E-state index >= 15 is 0 Å². The molecule has 1 aromatic carbocycles. The Balaban J connectivity index is 2.37. The van der Waals surface area contributed by atoms with Crippen molar-refractivity contribution in [2.75, 3.05) is 0 Å². The van der Waals surface area contributed by atoms with Gasteiger partial charge in [-0.2, -0.15) is 0 Å². The molecule has 1 amide bonds. The molecule has 1 aromatic rings. The number of carbonyl (C=O) groups is 1. The number of carbonyl (C=O) groups excluding carboxylic acids is 1. The van der Waals surface area contributed by atoms with Crippen LogP contribution in [0.25, 0.3) is 6.08 Å². The van der Waals surface area contributed by atoms with Crippen LogP contribution in [0.5, 0.6) is 0 Å². The fourth-order valence-electron chi connectivity index (χ4n) is 1.44. The summed E-state index contributed by atoms with van der Waals surface area (Å²) in [5, 5.41) is 4.00. The third-order valence-corrected chi connectivity index (χ3v) is 2.18. The fourth-order valence-corrected chi connectivity index (χ4v) is 1.44. The van der Waals surface area contributed by atoms with Crippen LogP contribution in [-0.4, -0.2) is 11.6 Å². The van der Waals surface area contributed by atoms with Crippen LogP contribution in [0.3, 0.4) is 0 Å². The summed E-state index contributed by atoms with van der Waals surface area (Å²) < 4.78 is 0. The molecule has 17 heavy (non-hydrogen) atoms. The Morgan fingerprint density at radius 2 is 2.24 bits per heavy atom. The maximum Gasteiger partial charge on any atom is 0.241 e. The van der Waals surface area contributed by atoms with E-state index in [2.05, 4.69) is 10.7 Å².